The second-order valence-corrected chi connectivity index (χ2v) is 8.55. The van der Waals surface area contributed by atoms with Crippen molar-refractivity contribution in [2.45, 2.75) is 25.5 Å². The van der Waals surface area contributed by atoms with Gasteiger partial charge in [-0.2, -0.15) is 0 Å². The van der Waals surface area contributed by atoms with Gasteiger partial charge in [0, 0.05) is 30.8 Å². The molecule has 1 aromatic carbocycles. The normalized spacial score (nSPS) is 21.9. The smallest absolute Gasteiger partial charge is 0.414 e. The van der Waals surface area contributed by atoms with E-state index in [1.165, 1.54) is 12.2 Å². The average Bonchev–Trinajstić information content (AvgIpc) is 2.88. The maximum absolute atomic E-state index is 13.5. The molecule has 1 saturated heterocycles. The van der Waals surface area contributed by atoms with Crippen LogP contribution >= 0.6 is 11.6 Å². The van der Waals surface area contributed by atoms with Gasteiger partial charge in [-0.15, -0.1) is 5.73 Å². The first-order valence-corrected chi connectivity index (χ1v) is 10.4. The molecular formula is C20H18ClFN2O3S. The van der Waals surface area contributed by atoms with E-state index < -0.39 is 16.8 Å². The van der Waals surface area contributed by atoms with Crippen LogP contribution in [0.2, 0.25) is 0 Å². The maximum atomic E-state index is 13.5. The number of para-hydroxylation sites is 1. The van der Waals surface area contributed by atoms with E-state index in [1.54, 1.807) is 9.21 Å². The molecule has 1 aliphatic carbocycles. The van der Waals surface area contributed by atoms with Gasteiger partial charge in [0.15, 0.2) is 0 Å². The molecule has 0 radical (unpaired) electrons. The third kappa shape index (κ3) is 3.71. The van der Waals surface area contributed by atoms with Gasteiger partial charge in [0.2, 0.25) is 0 Å². The van der Waals surface area contributed by atoms with E-state index in [2.05, 4.69) is 5.73 Å². The second kappa shape index (κ2) is 8.05. The Labute approximate surface area is 170 Å². The first-order chi connectivity index (χ1) is 13.5. The number of piperidine rings is 1. The standard InChI is InChI=1S/C20H18ClFN2O3S/c21-17-12-16(5-3-6-18(17)22)28(26)23-10-8-15(9-11-23)24-19-7-2-1-4-14(19)13-27-20(24)25/h1-2,4-7,12,15H,8-11,13H2. The van der Waals surface area contributed by atoms with Crippen LogP contribution in [0.5, 0.6) is 0 Å². The molecule has 1 atom stereocenters. The fourth-order valence-corrected chi connectivity index (χ4v) is 5.00. The van der Waals surface area contributed by atoms with Gasteiger partial charge in [0.05, 0.1) is 15.6 Å². The van der Waals surface area contributed by atoms with Crippen LogP contribution in [0.4, 0.5) is 14.9 Å². The van der Waals surface area contributed by atoms with Gasteiger partial charge >= 0.3 is 6.09 Å². The maximum Gasteiger partial charge on any atom is 0.414 e. The fourth-order valence-electron chi connectivity index (χ4n) is 3.54. The lowest BCUT2D eigenvalue weighted by Gasteiger charge is -2.39. The summed E-state index contributed by atoms with van der Waals surface area (Å²) < 4.78 is 33.5. The number of cyclic esters (lactones) is 1. The zero-order valence-electron chi connectivity index (χ0n) is 14.9. The first-order valence-electron chi connectivity index (χ1n) is 8.95. The summed E-state index contributed by atoms with van der Waals surface area (Å²) in [7, 11) is -1.48. The third-order valence-electron chi connectivity index (χ3n) is 4.96. The second-order valence-electron chi connectivity index (χ2n) is 6.66. The van der Waals surface area contributed by atoms with E-state index in [-0.39, 0.29) is 23.8 Å². The molecule has 5 nitrogen and oxygen atoms in total. The topological polar surface area (TPSA) is 49.9 Å². The van der Waals surface area contributed by atoms with E-state index in [9.17, 15) is 13.4 Å². The average molecular weight is 421 g/mol. The van der Waals surface area contributed by atoms with Crippen LogP contribution in [0.1, 0.15) is 18.4 Å². The summed E-state index contributed by atoms with van der Waals surface area (Å²) in [6.07, 6.45) is 4.93. The molecule has 1 amide bonds. The molecule has 1 aromatic rings. The minimum atomic E-state index is -1.48. The summed E-state index contributed by atoms with van der Waals surface area (Å²) in [5.41, 5.74) is 4.51. The van der Waals surface area contributed by atoms with Crippen LogP contribution in [0, 0.1) is 0 Å². The van der Waals surface area contributed by atoms with Gasteiger partial charge in [0.25, 0.3) is 0 Å². The zero-order chi connectivity index (χ0) is 19.7. The number of anilines is 1. The minimum absolute atomic E-state index is 0.0262. The van der Waals surface area contributed by atoms with Crippen molar-refractivity contribution in [2.24, 2.45) is 0 Å². The Hall–Kier alpha value is -2.18. The zero-order valence-corrected chi connectivity index (χ0v) is 16.5. The van der Waals surface area contributed by atoms with Crippen molar-refractivity contribution >= 4 is 34.4 Å². The lowest BCUT2D eigenvalue weighted by molar-refractivity contribution is 0.136. The predicted octanol–water partition coefficient (Wildman–Crippen LogP) is 4.30. The Kier molecular flexibility index (Phi) is 5.51. The molecule has 28 heavy (non-hydrogen) atoms. The molecule has 0 saturated carbocycles. The summed E-state index contributed by atoms with van der Waals surface area (Å²) >= 11 is 5.86. The van der Waals surface area contributed by atoms with Crippen molar-refractivity contribution in [3.8, 4) is 0 Å². The number of benzene rings is 1. The number of hydrogen-bond acceptors (Lipinski definition) is 3. The summed E-state index contributed by atoms with van der Waals surface area (Å²) in [6.45, 7) is 1.34. The molecule has 4 rings (SSSR count). The molecule has 2 heterocycles. The van der Waals surface area contributed by atoms with Gasteiger partial charge in [-0.3, -0.25) is 4.90 Å². The predicted molar refractivity (Wildman–Crippen MR) is 107 cm³/mol. The Balaban J connectivity index is 1.47. The van der Waals surface area contributed by atoms with Gasteiger partial charge in [-0.25, -0.2) is 17.7 Å². The summed E-state index contributed by atoms with van der Waals surface area (Å²) in [5.74, 6) is -0.606. The number of nitrogens with zero attached hydrogens (tertiary/aromatic N) is 2. The summed E-state index contributed by atoms with van der Waals surface area (Å²) in [5, 5.41) is -0.0906. The highest BCUT2D eigenvalue weighted by Gasteiger charge is 2.35. The van der Waals surface area contributed by atoms with Crippen molar-refractivity contribution in [3.05, 3.63) is 69.6 Å². The molecule has 8 heteroatoms. The lowest BCUT2D eigenvalue weighted by Crippen LogP contribution is -2.49. The van der Waals surface area contributed by atoms with Gasteiger partial charge in [-0.05, 0) is 31.1 Å². The Bertz CT molecular complexity index is 960. The third-order valence-corrected chi connectivity index (χ3v) is 6.72. The first kappa shape index (κ1) is 19.2. The van der Waals surface area contributed by atoms with Gasteiger partial charge < -0.3 is 4.74 Å². The van der Waals surface area contributed by atoms with Crippen molar-refractivity contribution in [1.82, 2.24) is 4.31 Å². The van der Waals surface area contributed by atoms with E-state index in [1.807, 2.05) is 24.3 Å². The number of halogens is 2. The van der Waals surface area contributed by atoms with Crippen LogP contribution < -0.4 is 4.90 Å². The highest BCUT2D eigenvalue weighted by atomic mass is 35.5. The highest BCUT2D eigenvalue weighted by Crippen LogP contribution is 2.32. The number of ether oxygens (including phenoxy) is 1. The fraction of sp³-hybridized carbons (Fsp3) is 0.300. The number of amides is 1. The van der Waals surface area contributed by atoms with Gasteiger partial charge in [0.1, 0.15) is 23.4 Å². The molecule has 0 spiro atoms. The van der Waals surface area contributed by atoms with Crippen molar-refractivity contribution in [3.63, 3.8) is 0 Å². The monoisotopic (exact) mass is 420 g/mol. The number of carbonyl (C=O) groups excluding carboxylic acids is 1. The largest absolute Gasteiger partial charge is 0.444 e. The number of hydrogen-bond donors (Lipinski definition) is 0. The molecule has 3 aliphatic rings. The number of fused-ring (bicyclic) bond motifs is 1. The quantitative estimate of drug-likeness (QED) is 0.685. The molecule has 1 fully saturated rings. The number of rotatable bonds is 3. The van der Waals surface area contributed by atoms with Crippen LogP contribution in [0.3, 0.4) is 0 Å². The molecule has 0 N–H and O–H groups in total. The van der Waals surface area contributed by atoms with E-state index in [0.29, 0.717) is 30.8 Å². The Morgan fingerprint density at radius 1 is 1.21 bits per heavy atom. The Morgan fingerprint density at radius 3 is 2.75 bits per heavy atom. The molecule has 0 aromatic heterocycles. The van der Waals surface area contributed by atoms with Crippen LogP contribution in [0.15, 0.2) is 64.0 Å². The Morgan fingerprint density at radius 2 is 1.96 bits per heavy atom. The van der Waals surface area contributed by atoms with E-state index >= 15 is 0 Å². The van der Waals surface area contributed by atoms with Crippen LogP contribution in [0.25, 0.3) is 0 Å². The molecule has 1 unspecified atom stereocenters. The highest BCUT2D eigenvalue weighted by molar-refractivity contribution is 7.86. The SMILES string of the molecule is O=C1OCc2ccccc2N1C1CCN(S(=O)C2=CC(Cl)=C(F)C=C=C2)CC1. The number of allylic oxidation sites excluding steroid dienone is 4. The van der Waals surface area contributed by atoms with Crippen LogP contribution in [-0.4, -0.2) is 33.7 Å². The van der Waals surface area contributed by atoms with E-state index in [0.717, 1.165) is 17.3 Å². The number of carbonyl (C=O) groups is 1. The van der Waals surface area contributed by atoms with E-state index in [4.69, 9.17) is 16.3 Å². The summed E-state index contributed by atoms with van der Waals surface area (Å²) in [4.78, 5) is 14.5. The molecule has 146 valence electrons. The lowest BCUT2D eigenvalue weighted by atomic mass is 10.0. The molecule has 2 aliphatic heterocycles. The van der Waals surface area contributed by atoms with Crippen LogP contribution in [-0.2, 0) is 22.3 Å². The summed E-state index contributed by atoms with van der Waals surface area (Å²) in [6, 6.07) is 7.68. The van der Waals surface area contributed by atoms with Crippen molar-refractivity contribution in [2.75, 3.05) is 18.0 Å². The minimum Gasteiger partial charge on any atom is -0.444 e. The van der Waals surface area contributed by atoms with Crippen molar-refractivity contribution in [1.29, 1.82) is 0 Å². The van der Waals surface area contributed by atoms with Gasteiger partial charge in [-0.1, -0.05) is 29.8 Å². The van der Waals surface area contributed by atoms with Crippen molar-refractivity contribution < 1.29 is 18.1 Å². The molecule has 0 bridgehead atoms. The molecular weight excluding hydrogens is 403 g/mol.